The molecule has 0 atom stereocenters. The van der Waals surface area contributed by atoms with E-state index in [4.69, 9.17) is 5.73 Å². The fourth-order valence-corrected chi connectivity index (χ4v) is 1.53. The van der Waals surface area contributed by atoms with Gasteiger partial charge in [-0.2, -0.15) is 11.8 Å². The quantitative estimate of drug-likeness (QED) is 0.864. The minimum atomic E-state index is -0.246. The molecule has 0 aromatic carbocycles. The first-order valence-electron chi connectivity index (χ1n) is 6.22. The molecule has 6 heteroatoms. The Hall–Kier alpha value is -1.30. The van der Waals surface area contributed by atoms with Crippen LogP contribution in [0.25, 0.3) is 0 Å². The minimum Gasteiger partial charge on any atom is -0.396 e. The molecule has 0 aliphatic heterocycles. The number of thioether (sulfide) groups is 1. The Balaban J connectivity index is 2.85. The van der Waals surface area contributed by atoms with Crippen molar-refractivity contribution in [2.24, 2.45) is 0 Å². The number of amides is 1. The summed E-state index contributed by atoms with van der Waals surface area (Å²) >= 11 is 1.70. The predicted octanol–water partition coefficient (Wildman–Crippen LogP) is 2.05. The van der Waals surface area contributed by atoms with Crippen LogP contribution in [0.4, 0.5) is 5.69 Å². The van der Waals surface area contributed by atoms with Gasteiger partial charge in [0.2, 0.25) is 0 Å². The van der Waals surface area contributed by atoms with Crippen LogP contribution in [-0.2, 0) is 0 Å². The number of carbonyl (C=O) groups is 1. The minimum absolute atomic E-state index is 0.0155. The molecule has 1 amide bonds. The maximum atomic E-state index is 12.1. The number of hydrogen-bond donors (Lipinski definition) is 2. The first-order chi connectivity index (χ1) is 8.76. The third-order valence-corrected chi connectivity index (χ3v) is 4.04. The largest absolute Gasteiger partial charge is 0.396 e. The molecule has 0 aliphatic rings. The summed E-state index contributed by atoms with van der Waals surface area (Å²) in [7, 11) is 0. The van der Waals surface area contributed by atoms with Crippen LogP contribution in [0, 0.1) is 0 Å². The molecule has 0 bridgehead atoms. The number of nitrogens with one attached hydrogen (secondary N) is 1. The highest BCUT2D eigenvalue weighted by Crippen LogP contribution is 2.20. The Bertz CT molecular complexity index is 460. The monoisotopic (exact) mass is 282 g/mol. The van der Waals surface area contributed by atoms with E-state index in [0.29, 0.717) is 18.1 Å². The second-order valence-electron chi connectivity index (χ2n) is 5.33. The Labute approximate surface area is 118 Å². The molecule has 0 fully saturated rings. The first kappa shape index (κ1) is 15.8. The summed E-state index contributed by atoms with van der Waals surface area (Å²) in [6.45, 7) is 8.66. The summed E-state index contributed by atoms with van der Waals surface area (Å²) in [6, 6.07) is 0. The fourth-order valence-electron chi connectivity index (χ4n) is 1.31. The Morgan fingerprint density at radius 2 is 2.16 bits per heavy atom. The van der Waals surface area contributed by atoms with Gasteiger partial charge in [-0.25, -0.2) is 9.97 Å². The van der Waals surface area contributed by atoms with E-state index in [1.54, 1.807) is 11.8 Å². The lowest BCUT2D eigenvalue weighted by Crippen LogP contribution is -2.36. The highest BCUT2D eigenvalue weighted by atomic mass is 32.2. The topological polar surface area (TPSA) is 80.9 Å². The van der Waals surface area contributed by atoms with Crippen LogP contribution in [0.15, 0.2) is 6.20 Å². The van der Waals surface area contributed by atoms with Gasteiger partial charge in [-0.1, -0.05) is 13.8 Å². The molecule has 0 radical (unpaired) electrons. The lowest BCUT2D eigenvalue weighted by atomic mass is 10.2. The SMILES string of the molecule is CSC(C)(C)CNC(=O)c1nc(C(C)C)ncc1N. The lowest BCUT2D eigenvalue weighted by molar-refractivity contribution is 0.0946. The van der Waals surface area contributed by atoms with Crippen molar-refractivity contribution in [3.8, 4) is 0 Å². The second-order valence-corrected chi connectivity index (χ2v) is 6.85. The number of nitrogens with two attached hydrogens (primary N) is 1. The van der Waals surface area contributed by atoms with Crippen molar-refractivity contribution < 1.29 is 4.79 Å². The van der Waals surface area contributed by atoms with Gasteiger partial charge in [0.1, 0.15) is 5.82 Å². The van der Waals surface area contributed by atoms with E-state index in [1.807, 2.05) is 20.1 Å². The molecule has 5 nitrogen and oxygen atoms in total. The van der Waals surface area contributed by atoms with E-state index in [-0.39, 0.29) is 22.3 Å². The Morgan fingerprint density at radius 3 is 2.68 bits per heavy atom. The smallest absolute Gasteiger partial charge is 0.272 e. The van der Waals surface area contributed by atoms with E-state index in [9.17, 15) is 4.79 Å². The summed E-state index contributed by atoms with van der Waals surface area (Å²) in [6.07, 6.45) is 3.51. The van der Waals surface area contributed by atoms with E-state index in [2.05, 4.69) is 29.1 Å². The van der Waals surface area contributed by atoms with Gasteiger partial charge in [-0.3, -0.25) is 4.79 Å². The molecule has 106 valence electrons. The van der Waals surface area contributed by atoms with Crippen LogP contribution >= 0.6 is 11.8 Å². The average Bonchev–Trinajstić information content (AvgIpc) is 2.36. The molecule has 0 aliphatic carbocycles. The number of nitrogens with zero attached hydrogens (tertiary/aromatic N) is 2. The van der Waals surface area contributed by atoms with Crippen LogP contribution in [0.3, 0.4) is 0 Å². The van der Waals surface area contributed by atoms with Crippen LogP contribution in [-0.4, -0.2) is 33.4 Å². The molecule has 0 saturated carbocycles. The van der Waals surface area contributed by atoms with Gasteiger partial charge < -0.3 is 11.1 Å². The highest BCUT2D eigenvalue weighted by Gasteiger charge is 2.20. The Morgan fingerprint density at radius 1 is 1.53 bits per heavy atom. The lowest BCUT2D eigenvalue weighted by Gasteiger charge is -2.22. The van der Waals surface area contributed by atoms with E-state index >= 15 is 0 Å². The molecular formula is C13H22N4OS. The molecule has 0 unspecified atom stereocenters. The van der Waals surface area contributed by atoms with Crippen molar-refractivity contribution in [3.05, 3.63) is 17.7 Å². The first-order valence-corrected chi connectivity index (χ1v) is 7.45. The van der Waals surface area contributed by atoms with Crippen molar-refractivity contribution >= 4 is 23.4 Å². The zero-order valence-electron chi connectivity index (χ0n) is 12.2. The third kappa shape index (κ3) is 4.38. The molecular weight excluding hydrogens is 260 g/mol. The van der Waals surface area contributed by atoms with Gasteiger partial charge in [0.05, 0.1) is 11.9 Å². The summed E-state index contributed by atoms with van der Waals surface area (Å²) in [5.41, 5.74) is 6.34. The molecule has 19 heavy (non-hydrogen) atoms. The molecule has 1 rings (SSSR count). The molecule has 1 heterocycles. The number of nitrogen functional groups attached to an aromatic ring is 1. The van der Waals surface area contributed by atoms with Gasteiger partial charge in [0.15, 0.2) is 5.69 Å². The van der Waals surface area contributed by atoms with Crippen molar-refractivity contribution in [2.75, 3.05) is 18.5 Å². The fraction of sp³-hybridized carbons (Fsp3) is 0.615. The van der Waals surface area contributed by atoms with E-state index in [0.717, 1.165) is 0 Å². The van der Waals surface area contributed by atoms with E-state index < -0.39 is 0 Å². The summed E-state index contributed by atoms with van der Waals surface area (Å²) in [5, 5.41) is 2.87. The normalized spacial score (nSPS) is 11.7. The number of hydrogen-bond acceptors (Lipinski definition) is 5. The molecule has 1 aromatic rings. The molecule has 0 spiro atoms. The number of carbonyl (C=O) groups excluding carboxylic acids is 1. The maximum absolute atomic E-state index is 12.1. The zero-order valence-corrected chi connectivity index (χ0v) is 13.0. The van der Waals surface area contributed by atoms with Crippen molar-refractivity contribution in [1.82, 2.24) is 15.3 Å². The summed E-state index contributed by atoms with van der Waals surface area (Å²) in [5.74, 6) is 0.544. The number of rotatable bonds is 5. The van der Waals surface area contributed by atoms with Crippen LogP contribution < -0.4 is 11.1 Å². The van der Waals surface area contributed by atoms with Gasteiger partial charge in [-0.15, -0.1) is 0 Å². The van der Waals surface area contributed by atoms with Crippen LogP contribution in [0.2, 0.25) is 0 Å². The van der Waals surface area contributed by atoms with Crippen molar-refractivity contribution in [3.63, 3.8) is 0 Å². The summed E-state index contributed by atoms with van der Waals surface area (Å²) in [4.78, 5) is 20.5. The number of aromatic nitrogens is 2. The molecule has 1 aromatic heterocycles. The van der Waals surface area contributed by atoms with Crippen LogP contribution in [0.5, 0.6) is 0 Å². The van der Waals surface area contributed by atoms with Crippen molar-refractivity contribution in [1.29, 1.82) is 0 Å². The van der Waals surface area contributed by atoms with Gasteiger partial charge in [-0.05, 0) is 20.1 Å². The average molecular weight is 282 g/mol. The second kappa shape index (κ2) is 6.23. The Kier molecular flexibility index (Phi) is 5.17. The van der Waals surface area contributed by atoms with Crippen molar-refractivity contribution in [2.45, 2.75) is 38.4 Å². The standard InChI is InChI=1S/C13H22N4OS/c1-8(2)11-15-6-9(14)10(17-11)12(18)16-7-13(3,4)19-5/h6,8H,7,14H2,1-5H3,(H,16,18). The summed E-state index contributed by atoms with van der Waals surface area (Å²) < 4.78 is -0.0155. The predicted molar refractivity (Wildman–Crippen MR) is 80.5 cm³/mol. The van der Waals surface area contributed by atoms with Crippen LogP contribution in [0.1, 0.15) is 49.9 Å². The third-order valence-electron chi connectivity index (χ3n) is 2.79. The zero-order chi connectivity index (χ0) is 14.6. The van der Waals surface area contributed by atoms with Gasteiger partial charge in [0, 0.05) is 17.2 Å². The van der Waals surface area contributed by atoms with Gasteiger partial charge in [0.25, 0.3) is 5.91 Å². The molecule has 3 N–H and O–H groups in total. The van der Waals surface area contributed by atoms with Gasteiger partial charge >= 0.3 is 0 Å². The maximum Gasteiger partial charge on any atom is 0.272 e. The number of anilines is 1. The van der Waals surface area contributed by atoms with E-state index in [1.165, 1.54) is 6.20 Å². The highest BCUT2D eigenvalue weighted by molar-refractivity contribution is 7.99. The molecule has 0 saturated heterocycles.